The summed E-state index contributed by atoms with van der Waals surface area (Å²) >= 11 is 0. The second-order valence-electron chi connectivity index (χ2n) is 8.97. The first kappa shape index (κ1) is 23.8. The van der Waals surface area contributed by atoms with E-state index in [0.29, 0.717) is 11.3 Å². The Labute approximate surface area is 198 Å². The minimum absolute atomic E-state index is 0.0299. The fourth-order valence-corrected chi connectivity index (χ4v) is 4.65. The van der Waals surface area contributed by atoms with E-state index in [2.05, 4.69) is 58.5 Å². The van der Waals surface area contributed by atoms with Gasteiger partial charge < -0.3 is 5.32 Å². The summed E-state index contributed by atoms with van der Waals surface area (Å²) in [7, 11) is 5.88. The summed E-state index contributed by atoms with van der Waals surface area (Å²) in [5, 5.41) is 3.13. The van der Waals surface area contributed by atoms with E-state index in [9.17, 15) is 13.6 Å². The molecular formula is C26H29F2N5O. The number of hydrogen-bond donors (Lipinski definition) is 1. The van der Waals surface area contributed by atoms with Gasteiger partial charge in [-0.2, -0.15) is 0 Å². The van der Waals surface area contributed by atoms with Crippen molar-refractivity contribution < 1.29 is 13.6 Å². The first-order valence-corrected chi connectivity index (χ1v) is 11.3. The fraction of sp³-hybridized carbons (Fsp3) is 0.346. The van der Waals surface area contributed by atoms with Gasteiger partial charge in [-0.25, -0.2) is 23.5 Å². The van der Waals surface area contributed by atoms with Crippen molar-refractivity contribution in [1.82, 2.24) is 20.2 Å². The predicted molar refractivity (Wildman–Crippen MR) is 128 cm³/mol. The van der Waals surface area contributed by atoms with Crippen molar-refractivity contribution >= 4 is 11.7 Å². The highest BCUT2D eigenvalue weighted by Gasteiger charge is 2.39. The molecule has 1 aliphatic carbocycles. The quantitative estimate of drug-likeness (QED) is 0.578. The molecule has 34 heavy (non-hydrogen) atoms. The predicted octanol–water partition coefficient (Wildman–Crippen LogP) is 4.97. The third-order valence-electron chi connectivity index (χ3n) is 6.82. The van der Waals surface area contributed by atoms with E-state index in [1.54, 1.807) is 7.05 Å². The average molecular weight is 466 g/mol. The van der Waals surface area contributed by atoms with Crippen LogP contribution in [0.5, 0.6) is 0 Å². The summed E-state index contributed by atoms with van der Waals surface area (Å²) in [5.41, 5.74) is 2.15. The molecule has 1 fully saturated rings. The van der Waals surface area contributed by atoms with Gasteiger partial charge in [-0.3, -0.25) is 9.80 Å². The number of anilines is 1. The van der Waals surface area contributed by atoms with Crippen molar-refractivity contribution in [2.75, 3.05) is 26.0 Å². The summed E-state index contributed by atoms with van der Waals surface area (Å²) in [4.78, 5) is 25.0. The summed E-state index contributed by atoms with van der Waals surface area (Å²) in [6.07, 6.45) is 6.64. The Morgan fingerprint density at radius 2 is 1.62 bits per heavy atom. The van der Waals surface area contributed by atoms with Crippen molar-refractivity contribution in [3.63, 3.8) is 0 Å². The van der Waals surface area contributed by atoms with Gasteiger partial charge in [-0.05, 0) is 63.5 Å². The number of benzene rings is 2. The minimum atomic E-state index is -0.959. The summed E-state index contributed by atoms with van der Waals surface area (Å²) in [6, 6.07) is 13.9. The van der Waals surface area contributed by atoms with Crippen LogP contribution in [-0.4, -0.2) is 48.1 Å². The summed E-state index contributed by atoms with van der Waals surface area (Å²) < 4.78 is 26.7. The van der Waals surface area contributed by atoms with E-state index in [-0.39, 0.29) is 23.4 Å². The number of halogens is 2. The number of nitrogens with one attached hydrogen (secondary N) is 1. The van der Waals surface area contributed by atoms with Gasteiger partial charge in [0, 0.05) is 24.2 Å². The van der Waals surface area contributed by atoms with Crippen LogP contribution in [0.1, 0.15) is 31.2 Å². The Morgan fingerprint density at radius 3 is 2.21 bits per heavy atom. The van der Waals surface area contributed by atoms with Crippen molar-refractivity contribution in [3.05, 3.63) is 78.1 Å². The third-order valence-corrected chi connectivity index (χ3v) is 6.82. The molecule has 8 heteroatoms. The van der Waals surface area contributed by atoms with Crippen LogP contribution in [0.2, 0.25) is 0 Å². The van der Waals surface area contributed by atoms with Crippen molar-refractivity contribution in [2.24, 2.45) is 0 Å². The lowest BCUT2D eigenvalue weighted by Gasteiger charge is -2.45. The van der Waals surface area contributed by atoms with Crippen LogP contribution in [0.15, 0.2) is 60.9 Å². The van der Waals surface area contributed by atoms with Crippen molar-refractivity contribution in [1.29, 1.82) is 0 Å². The van der Waals surface area contributed by atoms with E-state index in [1.807, 2.05) is 6.07 Å². The second-order valence-corrected chi connectivity index (χ2v) is 8.97. The standard InChI is InChI=1S/C26H29F2N5O/c1-32(2)26(19-7-5-4-6-8-19)13-11-20(12-14-26)31-25(34)33(3)21-16-29-24(30-17-21)18-9-10-22(27)23(28)15-18/h4-10,15-17,20H,11-14H2,1-3H3,(H,31,34)/t20-,26+. The van der Waals surface area contributed by atoms with Gasteiger partial charge in [0.05, 0.1) is 18.1 Å². The van der Waals surface area contributed by atoms with Crippen LogP contribution in [-0.2, 0) is 5.54 Å². The van der Waals surface area contributed by atoms with Crippen LogP contribution in [0.4, 0.5) is 19.3 Å². The zero-order valence-electron chi connectivity index (χ0n) is 19.6. The van der Waals surface area contributed by atoms with Crippen LogP contribution in [0.25, 0.3) is 11.4 Å². The van der Waals surface area contributed by atoms with Gasteiger partial charge in [-0.15, -0.1) is 0 Å². The normalized spacial score (nSPS) is 20.2. The highest BCUT2D eigenvalue weighted by Crippen LogP contribution is 2.41. The maximum atomic E-state index is 13.5. The monoisotopic (exact) mass is 465 g/mol. The molecule has 4 rings (SSSR count). The molecule has 2 aromatic carbocycles. The molecule has 0 bridgehead atoms. The Morgan fingerprint density at radius 1 is 0.971 bits per heavy atom. The third kappa shape index (κ3) is 4.77. The minimum Gasteiger partial charge on any atom is -0.335 e. The smallest absolute Gasteiger partial charge is 0.321 e. The summed E-state index contributed by atoms with van der Waals surface area (Å²) in [5.74, 6) is -1.63. The molecule has 2 amide bonds. The molecule has 0 radical (unpaired) electrons. The zero-order chi connectivity index (χ0) is 24.3. The Kier molecular flexibility index (Phi) is 6.88. The van der Waals surface area contributed by atoms with Gasteiger partial charge >= 0.3 is 6.03 Å². The van der Waals surface area contributed by atoms with E-state index >= 15 is 0 Å². The lowest BCUT2D eigenvalue weighted by atomic mass is 9.74. The second kappa shape index (κ2) is 9.85. The van der Waals surface area contributed by atoms with Crippen LogP contribution in [0, 0.1) is 11.6 Å². The van der Waals surface area contributed by atoms with Gasteiger partial charge in [-0.1, -0.05) is 30.3 Å². The number of carbonyl (C=O) groups excluding carboxylic acids is 1. The molecule has 1 heterocycles. The van der Waals surface area contributed by atoms with E-state index in [4.69, 9.17) is 0 Å². The lowest BCUT2D eigenvalue weighted by Crippen LogP contribution is -2.50. The number of carbonyl (C=O) groups is 1. The first-order valence-electron chi connectivity index (χ1n) is 11.3. The SMILES string of the molecule is CN(C(=O)N[C@H]1CC[C@@](c2ccccc2)(N(C)C)CC1)c1cnc(-c2ccc(F)c(F)c2)nc1. The molecule has 1 aromatic heterocycles. The van der Waals surface area contributed by atoms with Gasteiger partial charge in [0.2, 0.25) is 0 Å². The summed E-state index contributed by atoms with van der Waals surface area (Å²) in [6.45, 7) is 0. The highest BCUT2D eigenvalue weighted by atomic mass is 19.2. The molecule has 1 saturated carbocycles. The van der Waals surface area contributed by atoms with Crippen molar-refractivity contribution in [3.8, 4) is 11.4 Å². The Balaban J connectivity index is 1.38. The number of amides is 2. The van der Waals surface area contributed by atoms with Crippen LogP contribution < -0.4 is 10.2 Å². The number of rotatable bonds is 5. The van der Waals surface area contributed by atoms with Crippen LogP contribution in [0.3, 0.4) is 0 Å². The maximum absolute atomic E-state index is 13.5. The molecule has 1 N–H and O–H groups in total. The zero-order valence-corrected chi connectivity index (χ0v) is 19.6. The largest absolute Gasteiger partial charge is 0.335 e. The van der Waals surface area contributed by atoms with E-state index in [1.165, 1.54) is 28.9 Å². The average Bonchev–Trinajstić information content (AvgIpc) is 2.86. The molecule has 0 spiro atoms. The first-order chi connectivity index (χ1) is 16.3. The molecule has 0 atom stereocenters. The van der Waals surface area contributed by atoms with Crippen molar-refractivity contribution in [2.45, 2.75) is 37.3 Å². The molecule has 6 nitrogen and oxygen atoms in total. The molecular weight excluding hydrogens is 436 g/mol. The van der Waals surface area contributed by atoms with E-state index in [0.717, 1.165) is 37.8 Å². The highest BCUT2D eigenvalue weighted by molar-refractivity contribution is 5.91. The fourth-order valence-electron chi connectivity index (χ4n) is 4.65. The topological polar surface area (TPSA) is 61.4 Å². The number of hydrogen-bond acceptors (Lipinski definition) is 4. The molecule has 0 unspecified atom stereocenters. The molecule has 3 aromatic rings. The molecule has 0 saturated heterocycles. The molecule has 1 aliphatic rings. The Hall–Kier alpha value is -3.39. The van der Waals surface area contributed by atoms with Gasteiger partial charge in [0.1, 0.15) is 0 Å². The van der Waals surface area contributed by atoms with E-state index < -0.39 is 11.6 Å². The van der Waals surface area contributed by atoms with Gasteiger partial charge in [0.25, 0.3) is 0 Å². The number of nitrogens with zero attached hydrogens (tertiary/aromatic N) is 4. The maximum Gasteiger partial charge on any atom is 0.321 e. The lowest BCUT2D eigenvalue weighted by molar-refractivity contribution is 0.0872. The molecule has 178 valence electrons. The Bertz CT molecular complexity index is 1130. The number of urea groups is 1. The number of aromatic nitrogens is 2. The van der Waals surface area contributed by atoms with Gasteiger partial charge in [0.15, 0.2) is 17.5 Å². The molecule has 0 aliphatic heterocycles. The van der Waals surface area contributed by atoms with Crippen LogP contribution >= 0.6 is 0 Å².